The zero-order chi connectivity index (χ0) is 39.8. The van der Waals surface area contributed by atoms with E-state index in [-0.39, 0.29) is 62.1 Å². The topological polar surface area (TPSA) is 185 Å². The number of carbonyl (C=O) groups excluding carboxylic acids is 4. The van der Waals surface area contributed by atoms with Crippen molar-refractivity contribution in [2.75, 3.05) is 65.8 Å². The smallest absolute Gasteiger partial charge is 0.342 e. The van der Waals surface area contributed by atoms with Crippen LogP contribution in [0.1, 0.15) is 62.3 Å². The van der Waals surface area contributed by atoms with Gasteiger partial charge in [-0.25, -0.2) is 9.59 Å². The molecule has 53 heavy (non-hydrogen) atoms. The lowest BCUT2D eigenvalue weighted by molar-refractivity contribution is -0.139. The molecule has 0 aromatic heterocycles. The molecule has 0 atom stereocenters. The monoisotopic (exact) mass is 998 g/mol. The summed E-state index contributed by atoms with van der Waals surface area (Å²) in [6.07, 6.45) is 0. The molecule has 0 unspecified atom stereocenters. The summed E-state index contributed by atoms with van der Waals surface area (Å²) in [6, 6.07) is 6.16. The van der Waals surface area contributed by atoms with E-state index in [0.29, 0.717) is 31.1 Å². The summed E-state index contributed by atoms with van der Waals surface area (Å²) in [4.78, 5) is 56.9. The summed E-state index contributed by atoms with van der Waals surface area (Å²) in [5.41, 5.74) is 6.65. The van der Waals surface area contributed by atoms with Crippen LogP contribution in [0.25, 0.3) is 10.4 Å². The van der Waals surface area contributed by atoms with Gasteiger partial charge in [-0.15, -0.1) is 0 Å². The minimum atomic E-state index is -0.815. The molecule has 2 aromatic rings. The molecule has 0 bridgehead atoms. The first-order valence-corrected chi connectivity index (χ1v) is 19.3. The van der Waals surface area contributed by atoms with Crippen LogP contribution in [0.15, 0.2) is 47.3 Å². The molecule has 2 aromatic carbocycles. The fourth-order valence-corrected chi connectivity index (χ4v) is 6.67. The SMILES string of the molecule is CC(C)(C)OC(=O)c1cc(Br)cc(Br)c1OC(=O)CN(CCOCCOCCOCCN=[N+]=[N-])CC(=O)Oc1c(Br)cc(Br)cc1C(=O)OC(C)(C)C. The van der Waals surface area contributed by atoms with Crippen LogP contribution in [-0.2, 0) is 33.3 Å². The number of azide groups is 1. The third-order valence-corrected chi connectivity index (χ3v) is 8.18. The van der Waals surface area contributed by atoms with Crippen LogP contribution in [0.4, 0.5) is 0 Å². The van der Waals surface area contributed by atoms with Gasteiger partial charge in [0.05, 0.1) is 61.7 Å². The van der Waals surface area contributed by atoms with Gasteiger partial charge in [-0.2, -0.15) is 0 Å². The molecule has 0 saturated carbocycles. The zero-order valence-electron chi connectivity index (χ0n) is 30.2. The van der Waals surface area contributed by atoms with E-state index in [4.69, 9.17) is 38.7 Å². The summed E-state index contributed by atoms with van der Waals surface area (Å²) < 4.78 is 40.5. The molecule has 0 aliphatic heterocycles. The van der Waals surface area contributed by atoms with Crippen molar-refractivity contribution in [3.63, 3.8) is 0 Å². The Kier molecular flexibility index (Phi) is 19.9. The van der Waals surface area contributed by atoms with E-state index >= 15 is 0 Å². The van der Waals surface area contributed by atoms with Gasteiger partial charge in [0.1, 0.15) is 22.3 Å². The molecule has 0 heterocycles. The maximum absolute atomic E-state index is 13.4. The molecule has 2 rings (SSSR count). The number of ether oxygens (including phenoxy) is 7. The van der Waals surface area contributed by atoms with Gasteiger partial charge in [-0.05, 0) is 103 Å². The Morgan fingerprint density at radius 2 is 1.06 bits per heavy atom. The van der Waals surface area contributed by atoms with Crippen LogP contribution in [0.5, 0.6) is 11.5 Å². The number of carbonyl (C=O) groups is 4. The Hall–Kier alpha value is -2.61. The van der Waals surface area contributed by atoms with Crippen LogP contribution >= 0.6 is 63.7 Å². The largest absolute Gasteiger partial charge is 0.456 e. The van der Waals surface area contributed by atoms with Crippen molar-refractivity contribution >= 4 is 87.6 Å². The molecule has 292 valence electrons. The Bertz CT molecular complexity index is 1540. The van der Waals surface area contributed by atoms with Crippen molar-refractivity contribution in [3.8, 4) is 11.5 Å². The van der Waals surface area contributed by atoms with E-state index in [2.05, 4.69) is 73.7 Å². The highest BCUT2D eigenvalue weighted by molar-refractivity contribution is 9.11. The number of esters is 4. The van der Waals surface area contributed by atoms with Crippen molar-refractivity contribution in [3.05, 3.63) is 63.7 Å². The van der Waals surface area contributed by atoms with E-state index in [1.165, 1.54) is 17.0 Å². The summed E-state index contributed by atoms with van der Waals surface area (Å²) in [5.74, 6) is -3.14. The average molecular weight is 1000 g/mol. The lowest BCUT2D eigenvalue weighted by Crippen LogP contribution is -2.40. The van der Waals surface area contributed by atoms with Crippen molar-refractivity contribution in [1.29, 1.82) is 0 Å². The Balaban J connectivity index is 2.19. The van der Waals surface area contributed by atoms with Crippen molar-refractivity contribution in [1.82, 2.24) is 4.90 Å². The first-order chi connectivity index (χ1) is 24.8. The maximum Gasteiger partial charge on any atom is 0.342 e. The summed E-state index contributed by atoms with van der Waals surface area (Å²) in [5, 5.41) is 3.38. The van der Waals surface area contributed by atoms with E-state index in [9.17, 15) is 19.2 Å². The molecule has 15 nitrogen and oxygen atoms in total. The number of rotatable bonds is 20. The van der Waals surface area contributed by atoms with Crippen molar-refractivity contribution < 1.29 is 52.3 Å². The van der Waals surface area contributed by atoms with E-state index in [1.807, 2.05) is 0 Å². The molecule has 0 amide bonds. The van der Waals surface area contributed by atoms with Crippen molar-refractivity contribution in [2.45, 2.75) is 52.7 Å². The summed E-state index contributed by atoms with van der Waals surface area (Å²) >= 11 is 13.4. The van der Waals surface area contributed by atoms with Crippen molar-refractivity contribution in [2.24, 2.45) is 5.11 Å². The highest BCUT2D eigenvalue weighted by atomic mass is 79.9. The molecule has 0 aliphatic carbocycles. The number of hydrogen-bond donors (Lipinski definition) is 0. The van der Waals surface area contributed by atoms with Gasteiger partial charge in [-0.1, -0.05) is 37.0 Å². The normalized spacial score (nSPS) is 11.5. The predicted octanol–water partition coefficient (Wildman–Crippen LogP) is 7.82. The first-order valence-electron chi connectivity index (χ1n) is 16.1. The second kappa shape index (κ2) is 22.7. The summed E-state index contributed by atoms with van der Waals surface area (Å²) in [7, 11) is 0. The lowest BCUT2D eigenvalue weighted by Gasteiger charge is -2.23. The molecule has 0 radical (unpaired) electrons. The number of hydrogen-bond acceptors (Lipinski definition) is 13. The second-order valence-electron chi connectivity index (χ2n) is 13.0. The van der Waals surface area contributed by atoms with Gasteiger partial charge in [0.2, 0.25) is 0 Å². The van der Waals surface area contributed by atoms with Gasteiger partial charge in [0.25, 0.3) is 0 Å². The highest BCUT2D eigenvalue weighted by Gasteiger charge is 2.28. The number of benzene rings is 2. The Labute approximate surface area is 341 Å². The van der Waals surface area contributed by atoms with Crippen LogP contribution in [0.3, 0.4) is 0 Å². The molecule has 0 saturated heterocycles. The van der Waals surface area contributed by atoms with E-state index in [0.717, 1.165) is 0 Å². The molecular formula is C34H42Br4N4O11. The number of halogens is 4. The Morgan fingerprint density at radius 3 is 1.45 bits per heavy atom. The first kappa shape index (κ1) is 46.5. The minimum absolute atomic E-state index is 0.000323. The second-order valence-corrected chi connectivity index (χ2v) is 16.5. The quantitative estimate of drug-likeness (QED) is 0.0313. The fraction of sp³-hybridized carbons (Fsp3) is 0.529. The van der Waals surface area contributed by atoms with Crippen LogP contribution in [0, 0.1) is 0 Å². The molecular weight excluding hydrogens is 960 g/mol. The number of nitrogens with zero attached hydrogens (tertiary/aromatic N) is 4. The lowest BCUT2D eigenvalue weighted by atomic mass is 10.1. The molecule has 0 aliphatic rings. The molecule has 0 spiro atoms. The summed E-state index contributed by atoms with van der Waals surface area (Å²) in [6.45, 7) is 11.2. The van der Waals surface area contributed by atoms with Gasteiger partial charge >= 0.3 is 23.9 Å². The predicted molar refractivity (Wildman–Crippen MR) is 208 cm³/mol. The van der Waals surface area contributed by atoms with Crippen LogP contribution in [-0.4, -0.2) is 106 Å². The Morgan fingerprint density at radius 1 is 0.660 bits per heavy atom. The molecule has 0 N–H and O–H groups in total. The van der Waals surface area contributed by atoms with Gasteiger partial charge in [0, 0.05) is 26.9 Å². The maximum atomic E-state index is 13.4. The van der Waals surface area contributed by atoms with Crippen LogP contribution in [0.2, 0.25) is 0 Å². The van der Waals surface area contributed by atoms with Gasteiger partial charge < -0.3 is 33.2 Å². The third kappa shape index (κ3) is 18.5. The van der Waals surface area contributed by atoms with E-state index in [1.54, 1.807) is 53.7 Å². The van der Waals surface area contributed by atoms with Gasteiger partial charge in [-0.3, -0.25) is 14.5 Å². The standard InChI is InChI=1S/C34H42Br4N4O11/c1-33(2,3)52-31(45)23-15-21(35)17-25(37)29(23)50-27(43)19-42(8-10-48-12-14-49-13-11-47-9-7-40-41-39)20-28(44)51-30-24(16-22(36)18-26(30)38)32(46)53-34(4,5)6/h15-18H,7-14,19-20H2,1-6H3. The van der Waals surface area contributed by atoms with E-state index < -0.39 is 48.2 Å². The van der Waals surface area contributed by atoms with Gasteiger partial charge in [0.15, 0.2) is 11.5 Å². The zero-order valence-corrected chi connectivity index (χ0v) is 36.5. The third-order valence-electron chi connectivity index (χ3n) is 6.09. The molecule has 19 heteroatoms. The fourth-order valence-electron chi connectivity index (χ4n) is 4.05. The van der Waals surface area contributed by atoms with Crippen LogP contribution < -0.4 is 9.47 Å². The molecule has 0 fully saturated rings. The minimum Gasteiger partial charge on any atom is -0.456 e. The average Bonchev–Trinajstić information content (AvgIpc) is 3.02. The highest BCUT2D eigenvalue weighted by Crippen LogP contribution is 2.36.